The van der Waals surface area contributed by atoms with Gasteiger partial charge < -0.3 is 24.6 Å². The van der Waals surface area contributed by atoms with Crippen LogP contribution in [0.2, 0.25) is 0 Å². The number of pyridine rings is 1. The van der Waals surface area contributed by atoms with Crippen molar-refractivity contribution in [2.75, 3.05) is 44.4 Å². The Morgan fingerprint density at radius 3 is 2.73 bits per heavy atom. The maximum atomic E-state index is 12.9. The van der Waals surface area contributed by atoms with Gasteiger partial charge in [0.1, 0.15) is 5.54 Å². The monoisotopic (exact) mass is 500 g/mol. The molecule has 5 aliphatic heterocycles. The molecule has 2 bridgehead atoms. The standard InChI is InChI=1S/C28H32N6O3/c1-18-10-21(32-9-8-26(2,14-32)20-6-4-3-5-7-20)12-34-23(18)29-24(31-34)28-11-19(13-37-28)22(28)33-15-27(16-36-17-27)30-25(33)35/h3-7,10,12,19,22H,8-9,11,13-17H2,1-2H3,(H,30,35)/t19?,22?,26-,28?/m0/s1. The van der Waals surface area contributed by atoms with Crippen LogP contribution in [0.3, 0.4) is 0 Å². The second-order valence-corrected chi connectivity index (χ2v) is 12.1. The number of ether oxygens (including phenoxy) is 2. The lowest BCUT2D eigenvalue weighted by atomic mass is 9.68. The Morgan fingerprint density at radius 2 is 2.00 bits per heavy atom. The fourth-order valence-electron chi connectivity index (χ4n) is 7.40. The van der Waals surface area contributed by atoms with E-state index in [1.807, 2.05) is 9.42 Å². The number of hydrogen-bond donors (Lipinski definition) is 1. The highest BCUT2D eigenvalue weighted by molar-refractivity contribution is 5.79. The van der Waals surface area contributed by atoms with Crippen molar-refractivity contribution in [3.8, 4) is 0 Å². The van der Waals surface area contributed by atoms with Crippen LogP contribution in [0, 0.1) is 12.8 Å². The molecule has 9 heteroatoms. The van der Waals surface area contributed by atoms with Gasteiger partial charge in [-0.05, 0) is 37.0 Å². The number of nitrogens with one attached hydrogen (secondary N) is 1. The van der Waals surface area contributed by atoms with E-state index in [9.17, 15) is 4.79 Å². The molecule has 6 aliphatic rings. The van der Waals surface area contributed by atoms with E-state index in [2.05, 4.69) is 66.7 Å². The number of rotatable bonds is 4. The van der Waals surface area contributed by atoms with Crippen LogP contribution in [0.5, 0.6) is 0 Å². The Morgan fingerprint density at radius 1 is 1.16 bits per heavy atom. The number of carbonyl (C=O) groups excluding carboxylic acids is 1. The first-order valence-electron chi connectivity index (χ1n) is 13.4. The summed E-state index contributed by atoms with van der Waals surface area (Å²) in [4.78, 5) is 22.3. The predicted octanol–water partition coefficient (Wildman–Crippen LogP) is 2.61. The number of fused-ring (bicyclic) bond motifs is 2. The molecule has 1 N–H and O–H groups in total. The minimum Gasteiger partial charge on any atom is -0.376 e. The molecular weight excluding hydrogens is 468 g/mol. The molecule has 2 aromatic heterocycles. The summed E-state index contributed by atoms with van der Waals surface area (Å²) in [6.45, 7) is 8.89. The third-order valence-electron chi connectivity index (χ3n) is 9.53. The van der Waals surface area contributed by atoms with Crippen molar-refractivity contribution in [2.45, 2.75) is 49.3 Å². The van der Waals surface area contributed by atoms with Gasteiger partial charge in [-0.3, -0.25) is 0 Å². The van der Waals surface area contributed by atoms with Gasteiger partial charge in [0.05, 0.1) is 44.3 Å². The molecule has 6 fully saturated rings. The van der Waals surface area contributed by atoms with Gasteiger partial charge in [0.25, 0.3) is 0 Å². The van der Waals surface area contributed by atoms with Crippen LogP contribution >= 0.6 is 0 Å². The molecule has 3 aromatic rings. The van der Waals surface area contributed by atoms with Crippen LogP contribution in [-0.2, 0) is 20.5 Å². The fraction of sp³-hybridized carbons (Fsp3) is 0.536. The molecule has 1 aromatic carbocycles. The third kappa shape index (κ3) is 2.95. The Balaban J connectivity index is 1.10. The van der Waals surface area contributed by atoms with Gasteiger partial charge in [0.15, 0.2) is 17.1 Å². The maximum absolute atomic E-state index is 12.9. The van der Waals surface area contributed by atoms with Crippen molar-refractivity contribution < 1.29 is 14.3 Å². The quantitative estimate of drug-likeness (QED) is 0.593. The van der Waals surface area contributed by atoms with Crippen molar-refractivity contribution in [1.29, 1.82) is 0 Å². The van der Waals surface area contributed by atoms with Crippen molar-refractivity contribution in [1.82, 2.24) is 24.8 Å². The number of benzene rings is 1. The molecule has 3 unspecified atom stereocenters. The van der Waals surface area contributed by atoms with E-state index in [0.717, 1.165) is 37.1 Å². The lowest BCUT2D eigenvalue weighted by Crippen LogP contribution is -2.62. The summed E-state index contributed by atoms with van der Waals surface area (Å²) in [7, 11) is 0. The molecule has 5 saturated heterocycles. The number of amides is 2. The van der Waals surface area contributed by atoms with Crippen LogP contribution in [-0.4, -0.2) is 76.6 Å². The van der Waals surface area contributed by atoms with E-state index >= 15 is 0 Å². The SMILES string of the molecule is Cc1cc(N2CC[C@](C)(c3ccccc3)C2)cn2nc(C34CC(CO3)C4N3CC4(COC4)NC3=O)nc12. The average molecular weight is 501 g/mol. The van der Waals surface area contributed by atoms with Crippen LogP contribution in [0.25, 0.3) is 5.65 Å². The summed E-state index contributed by atoms with van der Waals surface area (Å²) in [6, 6.07) is 13.0. The highest BCUT2D eigenvalue weighted by Gasteiger charge is 2.69. The number of carbonyl (C=O) groups is 1. The van der Waals surface area contributed by atoms with Gasteiger partial charge in [0, 0.05) is 24.4 Å². The second kappa shape index (κ2) is 7.23. The van der Waals surface area contributed by atoms with Gasteiger partial charge in [-0.2, -0.15) is 0 Å². The van der Waals surface area contributed by atoms with Gasteiger partial charge >= 0.3 is 6.03 Å². The molecule has 1 aliphatic carbocycles. The molecule has 9 rings (SSSR count). The number of nitrogens with zero attached hydrogens (tertiary/aromatic N) is 5. The minimum atomic E-state index is -0.629. The van der Waals surface area contributed by atoms with Gasteiger partial charge in [-0.15, -0.1) is 5.10 Å². The molecule has 192 valence electrons. The van der Waals surface area contributed by atoms with E-state index < -0.39 is 5.60 Å². The van der Waals surface area contributed by atoms with Crippen molar-refractivity contribution in [3.05, 3.63) is 59.5 Å². The Bertz CT molecular complexity index is 1420. The van der Waals surface area contributed by atoms with E-state index in [1.165, 1.54) is 11.3 Å². The summed E-state index contributed by atoms with van der Waals surface area (Å²) in [6.07, 6.45) is 4.08. The Hall–Kier alpha value is -3.17. The first-order chi connectivity index (χ1) is 17.9. The molecule has 4 atom stereocenters. The highest BCUT2D eigenvalue weighted by atomic mass is 16.5. The van der Waals surface area contributed by atoms with Gasteiger partial charge in [-0.1, -0.05) is 37.3 Å². The topological polar surface area (TPSA) is 84.2 Å². The van der Waals surface area contributed by atoms with Crippen molar-refractivity contribution in [2.24, 2.45) is 5.92 Å². The zero-order chi connectivity index (χ0) is 25.0. The van der Waals surface area contributed by atoms with Gasteiger partial charge in [-0.25, -0.2) is 14.3 Å². The third-order valence-corrected chi connectivity index (χ3v) is 9.53. The summed E-state index contributed by atoms with van der Waals surface area (Å²) >= 11 is 0. The smallest absolute Gasteiger partial charge is 0.318 e. The van der Waals surface area contributed by atoms with E-state index in [1.54, 1.807) is 0 Å². The second-order valence-electron chi connectivity index (χ2n) is 12.1. The first-order valence-corrected chi connectivity index (χ1v) is 13.4. The van der Waals surface area contributed by atoms with Crippen LogP contribution < -0.4 is 10.2 Å². The normalized spacial score (nSPS) is 33.7. The number of urea groups is 1. The first kappa shape index (κ1) is 21.9. The van der Waals surface area contributed by atoms with Crippen LogP contribution in [0.1, 0.15) is 36.7 Å². The largest absolute Gasteiger partial charge is 0.376 e. The van der Waals surface area contributed by atoms with Crippen molar-refractivity contribution >= 4 is 17.4 Å². The fourth-order valence-corrected chi connectivity index (χ4v) is 7.40. The number of aromatic nitrogens is 3. The Kier molecular flexibility index (Phi) is 4.27. The average Bonchev–Trinajstić information content (AvgIpc) is 3.67. The van der Waals surface area contributed by atoms with E-state index in [0.29, 0.717) is 38.1 Å². The number of hydrogen-bond acceptors (Lipinski definition) is 6. The van der Waals surface area contributed by atoms with Crippen LogP contribution in [0.4, 0.5) is 10.5 Å². The summed E-state index contributed by atoms with van der Waals surface area (Å²) in [5.41, 5.74) is 3.76. The van der Waals surface area contributed by atoms with E-state index in [4.69, 9.17) is 19.6 Å². The summed E-state index contributed by atoms with van der Waals surface area (Å²) in [5.74, 6) is 1.02. The minimum absolute atomic E-state index is 0.0226. The molecule has 1 spiro atoms. The molecule has 0 radical (unpaired) electrons. The number of aryl methyl sites for hydroxylation is 1. The maximum Gasteiger partial charge on any atom is 0.318 e. The predicted molar refractivity (Wildman–Crippen MR) is 137 cm³/mol. The molecule has 2 amide bonds. The molecule has 1 saturated carbocycles. The van der Waals surface area contributed by atoms with E-state index in [-0.39, 0.29) is 23.0 Å². The highest BCUT2D eigenvalue weighted by Crippen LogP contribution is 2.57. The molecule has 9 nitrogen and oxygen atoms in total. The zero-order valence-corrected chi connectivity index (χ0v) is 21.3. The lowest BCUT2D eigenvalue weighted by molar-refractivity contribution is -0.0922. The molecule has 7 heterocycles. The van der Waals surface area contributed by atoms with Gasteiger partial charge in [0.2, 0.25) is 0 Å². The summed E-state index contributed by atoms with van der Waals surface area (Å²) < 4.78 is 13.7. The summed E-state index contributed by atoms with van der Waals surface area (Å²) in [5, 5.41) is 8.13. The van der Waals surface area contributed by atoms with Crippen molar-refractivity contribution in [3.63, 3.8) is 0 Å². The number of anilines is 1. The molecular formula is C28H32N6O3. The Labute approximate surface area is 215 Å². The lowest BCUT2D eigenvalue weighted by Gasteiger charge is -2.47. The van der Waals surface area contributed by atoms with Crippen LogP contribution in [0.15, 0.2) is 42.6 Å². The zero-order valence-electron chi connectivity index (χ0n) is 21.3. The molecule has 37 heavy (non-hydrogen) atoms.